The molecular formula is C22H32N2O4S. The van der Waals surface area contributed by atoms with Crippen LogP contribution < -0.4 is 5.32 Å². The Balaban J connectivity index is 1.44. The van der Waals surface area contributed by atoms with Gasteiger partial charge in [-0.25, -0.2) is 8.42 Å². The van der Waals surface area contributed by atoms with Crippen molar-refractivity contribution < 1.29 is 18.0 Å². The first-order valence-corrected chi connectivity index (χ1v) is 12.5. The minimum absolute atomic E-state index is 0.00433. The fraction of sp³-hybridized carbons (Fsp3) is 0.636. The van der Waals surface area contributed by atoms with E-state index in [2.05, 4.69) is 5.32 Å². The van der Waals surface area contributed by atoms with Crippen LogP contribution in [0, 0.1) is 0 Å². The molecule has 3 rings (SSSR count). The normalized spacial score (nSPS) is 18.4. The Morgan fingerprint density at radius 2 is 1.55 bits per heavy atom. The van der Waals surface area contributed by atoms with Crippen molar-refractivity contribution in [3.63, 3.8) is 0 Å². The number of benzene rings is 1. The Labute approximate surface area is 174 Å². The lowest BCUT2D eigenvalue weighted by Crippen LogP contribution is -2.31. The molecule has 1 saturated heterocycles. The maximum Gasteiger partial charge on any atom is 0.253 e. The first kappa shape index (κ1) is 21.8. The average molecular weight is 421 g/mol. The molecule has 2 aliphatic rings. The molecule has 0 unspecified atom stereocenters. The van der Waals surface area contributed by atoms with Gasteiger partial charge in [-0.05, 0) is 43.4 Å². The summed E-state index contributed by atoms with van der Waals surface area (Å²) in [6.45, 7) is 1.97. The molecule has 1 aromatic carbocycles. The molecule has 6 nitrogen and oxygen atoms in total. The van der Waals surface area contributed by atoms with E-state index in [1.165, 1.54) is 12.8 Å². The second-order valence-electron chi connectivity index (χ2n) is 8.20. The van der Waals surface area contributed by atoms with E-state index in [-0.39, 0.29) is 29.2 Å². The third-order valence-corrected chi connectivity index (χ3v) is 8.27. The van der Waals surface area contributed by atoms with Crippen molar-refractivity contribution in [3.05, 3.63) is 35.4 Å². The molecule has 7 heteroatoms. The van der Waals surface area contributed by atoms with Crippen LogP contribution in [-0.2, 0) is 21.2 Å². The molecule has 0 spiro atoms. The maximum absolute atomic E-state index is 12.6. The molecule has 0 radical (unpaired) electrons. The van der Waals surface area contributed by atoms with Crippen LogP contribution in [0.25, 0.3) is 0 Å². The van der Waals surface area contributed by atoms with E-state index in [0.29, 0.717) is 12.1 Å². The Morgan fingerprint density at radius 1 is 0.931 bits per heavy atom. The Morgan fingerprint density at radius 3 is 2.17 bits per heavy atom. The van der Waals surface area contributed by atoms with Gasteiger partial charge in [-0.2, -0.15) is 0 Å². The Hall–Kier alpha value is -1.89. The SMILES string of the molecule is O=C(CCS(=O)(=O)C1CCCC1)NCc1ccc(C(=O)N2CCCCCC2)cc1. The van der Waals surface area contributed by atoms with Gasteiger partial charge in [-0.1, -0.05) is 37.8 Å². The molecule has 1 aliphatic carbocycles. The highest BCUT2D eigenvalue weighted by atomic mass is 32.2. The van der Waals surface area contributed by atoms with E-state index in [0.717, 1.165) is 57.2 Å². The molecule has 2 amide bonds. The zero-order chi connectivity index (χ0) is 20.7. The van der Waals surface area contributed by atoms with Gasteiger partial charge in [-0.3, -0.25) is 9.59 Å². The number of carbonyl (C=O) groups excluding carboxylic acids is 2. The van der Waals surface area contributed by atoms with Gasteiger partial charge in [0.05, 0.1) is 11.0 Å². The first-order valence-electron chi connectivity index (χ1n) is 10.8. The molecule has 0 aromatic heterocycles. The van der Waals surface area contributed by atoms with Gasteiger partial charge < -0.3 is 10.2 Å². The topological polar surface area (TPSA) is 83.5 Å². The lowest BCUT2D eigenvalue weighted by molar-refractivity contribution is -0.120. The van der Waals surface area contributed by atoms with Gasteiger partial charge >= 0.3 is 0 Å². The second-order valence-corrected chi connectivity index (χ2v) is 10.6. The summed E-state index contributed by atoms with van der Waals surface area (Å²) in [6, 6.07) is 7.31. The number of nitrogens with one attached hydrogen (secondary N) is 1. The molecule has 2 fully saturated rings. The second kappa shape index (κ2) is 10.2. The van der Waals surface area contributed by atoms with Gasteiger partial charge in [0.25, 0.3) is 5.91 Å². The van der Waals surface area contributed by atoms with Crippen LogP contribution in [-0.4, -0.2) is 49.2 Å². The van der Waals surface area contributed by atoms with Crippen LogP contribution in [0.2, 0.25) is 0 Å². The van der Waals surface area contributed by atoms with Gasteiger partial charge in [0.15, 0.2) is 9.84 Å². The summed E-state index contributed by atoms with van der Waals surface area (Å²) in [5.41, 5.74) is 1.56. The molecule has 0 bridgehead atoms. The number of hydrogen-bond donors (Lipinski definition) is 1. The summed E-state index contributed by atoms with van der Waals surface area (Å²) in [7, 11) is -3.17. The van der Waals surface area contributed by atoms with Gasteiger partial charge in [0.2, 0.25) is 5.91 Å². The molecule has 0 atom stereocenters. The maximum atomic E-state index is 12.6. The number of rotatable bonds is 7. The molecule has 1 saturated carbocycles. The van der Waals surface area contributed by atoms with Crippen molar-refractivity contribution in [2.24, 2.45) is 0 Å². The van der Waals surface area contributed by atoms with Crippen molar-refractivity contribution in [1.82, 2.24) is 10.2 Å². The predicted octanol–water partition coefficient (Wildman–Crippen LogP) is 3.07. The van der Waals surface area contributed by atoms with Crippen molar-refractivity contribution in [3.8, 4) is 0 Å². The Bertz CT molecular complexity index is 791. The van der Waals surface area contributed by atoms with Crippen LogP contribution in [0.15, 0.2) is 24.3 Å². The summed E-state index contributed by atoms with van der Waals surface area (Å²) < 4.78 is 24.5. The first-order chi connectivity index (χ1) is 14.0. The average Bonchev–Trinajstić information content (AvgIpc) is 3.15. The van der Waals surface area contributed by atoms with Crippen LogP contribution in [0.3, 0.4) is 0 Å². The minimum atomic E-state index is -3.17. The number of hydrogen-bond acceptors (Lipinski definition) is 4. The number of carbonyl (C=O) groups is 2. The fourth-order valence-electron chi connectivity index (χ4n) is 4.16. The van der Waals surface area contributed by atoms with E-state index in [1.54, 1.807) is 12.1 Å². The standard InChI is InChI=1S/C22H32N2O4S/c25-21(13-16-29(27,28)20-7-3-4-8-20)23-17-18-9-11-19(12-10-18)22(26)24-14-5-1-2-6-15-24/h9-12,20H,1-8,13-17H2,(H,23,25). The highest BCUT2D eigenvalue weighted by Gasteiger charge is 2.28. The van der Waals surface area contributed by atoms with Crippen molar-refractivity contribution in [1.29, 1.82) is 0 Å². The van der Waals surface area contributed by atoms with Gasteiger partial charge in [0.1, 0.15) is 0 Å². The largest absolute Gasteiger partial charge is 0.352 e. The van der Waals surface area contributed by atoms with Gasteiger partial charge in [-0.15, -0.1) is 0 Å². The van der Waals surface area contributed by atoms with Crippen LogP contribution >= 0.6 is 0 Å². The third-order valence-electron chi connectivity index (χ3n) is 6.01. The summed E-state index contributed by atoms with van der Waals surface area (Å²) in [5, 5.41) is 2.52. The summed E-state index contributed by atoms with van der Waals surface area (Å²) in [6.07, 6.45) is 7.88. The lowest BCUT2D eigenvalue weighted by Gasteiger charge is -2.20. The van der Waals surface area contributed by atoms with E-state index in [1.807, 2.05) is 17.0 Å². The summed E-state index contributed by atoms with van der Waals surface area (Å²) in [5.74, 6) is -0.261. The number of amides is 2. The van der Waals surface area contributed by atoms with Crippen LogP contribution in [0.1, 0.15) is 73.7 Å². The molecule has 160 valence electrons. The van der Waals surface area contributed by atoms with E-state index >= 15 is 0 Å². The molecule has 1 N–H and O–H groups in total. The highest BCUT2D eigenvalue weighted by molar-refractivity contribution is 7.92. The van der Waals surface area contributed by atoms with Crippen LogP contribution in [0.4, 0.5) is 0 Å². The van der Waals surface area contributed by atoms with E-state index in [4.69, 9.17) is 0 Å². The number of likely N-dealkylation sites (tertiary alicyclic amines) is 1. The van der Waals surface area contributed by atoms with E-state index in [9.17, 15) is 18.0 Å². The molecule has 1 heterocycles. The summed E-state index contributed by atoms with van der Waals surface area (Å²) in [4.78, 5) is 26.6. The molecular weight excluding hydrogens is 388 g/mol. The van der Waals surface area contributed by atoms with Crippen molar-refractivity contribution in [2.45, 2.75) is 69.6 Å². The van der Waals surface area contributed by atoms with Crippen molar-refractivity contribution >= 4 is 21.7 Å². The number of nitrogens with zero attached hydrogens (tertiary/aromatic N) is 1. The van der Waals surface area contributed by atoms with Crippen LogP contribution in [0.5, 0.6) is 0 Å². The molecule has 29 heavy (non-hydrogen) atoms. The zero-order valence-electron chi connectivity index (χ0n) is 17.1. The third kappa shape index (κ3) is 6.29. The van der Waals surface area contributed by atoms with Gasteiger partial charge in [0, 0.05) is 31.6 Å². The lowest BCUT2D eigenvalue weighted by atomic mass is 10.1. The smallest absolute Gasteiger partial charge is 0.253 e. The van der Waals surface area contributed by atoms with Crippen molar-refractivity contribution in [2.75, 3.05) is 18.8 Å². The Kier molecular flexibility index (Phi) is 7.70. The zero-order valence-corrected chi connectivity index (χ0v) is 17.9. The predicted molar refractivity (Wildman–Crippen MR) is 113 cm³/mol. The molecule has 1 aliphatic heterocycles. The van der Waals surface area contributed by atoms with E-state index < -0.39 is 9.84 Å². The quantitative estimate of drug-likeness (QED) is 0.735. The summed E-state index contributed by atoms with van der Waals surface area (Å²) >= 11 is 0. The number of sulfone groups is 1. The minimum Gasteiger partial charge on any atom is -0.352 e. The molecule has 1 aromatic rings. The monoisotopic (exact) mass is 420 g/mol. The highest BCUT2D eigenvalue weighted by Crippen LogP contribution is 2.25. The fourth-order valence-corrected chi connectivity index (χ4v) is 6.01.